The van der Waals surface area contributed by atoms with Crippen molar-refractivity contribution in [3.8, 4) is 0 Å². The van der Waals surface area contributed by atoms with Gasteiger partial charge < -0.3 is 14.2 Å². The number of carbonyl (C=O) groups excluding carboxylic acids is 2. The van der Waals surface area contributed by atoms with E-state index in [0.717, 1.165) is 24.2 Å². The van der Waals surface area contributed by atoms with E-state index in [4.69, 9.17) is 4.74 Å². The molecule has 0 unspecified atom stereocenters. The second kappa shape index (κ2) is 9.59. The summed E-state index contributed by atoms with van der Waals surface area (Å²) < 4.78 is 6.94. The average molecular weight is 435 g/mol. The Morgan fingerprint density at radius 3 is 2.53 bits per heavy atom. The first kappa shape index (κ1) is 21.5. The van der Waals surface area contributed by atoms with Crippen LogP contribution in [-0.2, 0) is 18.2 Å². The third kappa shape index (κ3) is 5.11. The molecule has 0 bridgehead atoms. The van der Waals surface area contributed by atoms with Crippen molar-refractivity contribution in [1.82, 2.24) is 24.6 Å². The van der Waals surface area contributed by atoms with Crippen molar-refractivity contribution in [2.24, 2.45) is 13.0 Å². The van der Waals surface area contributed by atoms with Gasteiger partial charge >= 0.3 is 5.97 Å². The molecule has 9 heteroatoms. The highest BCUT2D eigenvalue weighted by Gasteiger charge is 2.25. The summed E-state index contributed by atoms with van der Waals surface area (Å²) in [6, 6.07) is 10.3. The van der Waals surface area contributed by atoms with Gasteiger partial charge in [-0.05, 0) is 42.5 Å². The Morgan fingerprint density at radius 2 is 1.88 bits per heavy atom. The lowest BCUT2D eigenvalue weighted by atomic mass is 9.97. The highest BCUT2D eigenvalue weighted by molar-refractivity contribution is 5.94. The molecule has 1 N–H and O–H groups in total. The predicted molar refractivity (Wildman–Crippen MR) is 116 cm³/mol. The number of benzene rings is 1. The molecule has 1 amide bonds. The van der Waals surface area contributed by atoms with E-state index in [1.54, 1.807) is 36.3 Å². The van der Waals surface area contributed by atoms with Gasteiger partial charge in [0.15, 0.2) is 0 Å². The zero-order valence-electron chi connectivity index (χ0n) is 17.9. The maximum Gasteiger partial charge on any atom is 0.338 e. The molecule has 4 rings (SSSR count). The van der Waals surface area contributed by atoms with E-state index < -0.39 is 0 Å². The quantitative estimate of drug-likeness (QED) is 0.591. The number of hydrogen-bond donors (Lipinski definition) is 1. The van der Waals surface area contributed by atoms with Gasteiger partial charge in [0, 0.05) is 44.4 Å². The summed E-state index contributed by atoms with van der Waals surface area (Å²) in [5.74, 6) is 0.482. The maximum absolute atomic E-state index is 12.6. The number of ether oxygens (including phenoxy) is 1. The van der Waals surface area contributed by atoms with Gasteiger partial charge in [0.2, 0.25) is 0 Å². The SMILES string of the molecule is Cn1ccc(C(=O)N2CCC(COC(=O)c3ccc(Cc4ncn[nH]4)cc3)CC2)cc1=O. The lowest BCUT2D eigenvalue weighted by Crippen LogP contribution is -2.40. The molecule has 1 saturated heterocycles. The molecule has 0 aliphatic carbocycles. The molecule has 0 radical (unpaired) electrons. The number of piperidine rings is 1. The molecule has 1 fully saturated rings. The molecule has 0 spiro atoms. The largest absolute Gasteiger partial charge is 0.462 e. The van der Waals surface area contributed by atoms with Crippen LogP contribution in [-0.4, -0.2) is 56.2 Å². The van der Waals surface area contributed by atoms with Crippen molar-refractivity contribution in [3.05, 3.63) is 81.8 Å². The van der Waals surface area contributed by atoms with Gasteiger partial charge in [-0.3, -0.25) is 14.7 Å². The molecular weight excluding hydrogens is 410 g/mol. The number of hydrogen-bond acceptors (Lipinski definition) is 6. The van der Waals surface area contributed by atoms with Crippen molar-refractivity contribution in [2.45, 2.75) is 19.3 Å². The Kier molecular flexibility index (Phi) is 6.44. The number of rotatable bonds is 6. The van der Waals surface area contributed by atoms with Crippen LogP contribution >= 0.6 is 0 Å². The van der Waals surface area contributed by atoms with Gasteiger partial charge in [0.25, 0.3) is 11.5 Å². The topological polar surface area (TPSA) is 110 Å². The highest BCUT2D eigenvalue weighted by Crippen LogP contribution is 2.20. The maximum atomic E-state index is 12.6. The second-order valence-electron chi connectivity index (χ2n) is 8.00. The van der Waals surface area contributed by atoms with Crippen molar-refractivity contribution in [2.75, 3.05) is 19.7 Å². The Morgan fingerprint density at radius 1 is 1.12 bits per heavy atom. The Bertz CT molecular complexity index is 1130. The number of aromatic amines is 1. The Hall–Kier alpha value is -3.75. The minimum absolute atomic E-state index is 0.136. The lowest BCUT2D eigenvalue weighted by Gasteiger charge is -2.31. The smallest absolute Gasteiger partial charge is 0.338 e. The van der Waals surface area contributed by atoms with Crippen molar-refractivity contribution in [3.63, 3.8) is 0 Å². The van der Waals surface area contributed by atoms with Crippen LogP contribution in [0.2, 0.25) is 0 Å². The van der Waals surface area contributed by atoms with E-state index in [9.17, 15) is 14.4 Å². The van der Waals surface area contributed by atoms with Crippen LogP contribution in [0.3, 0.4) is 0 Å². The van der Waals surface area contributed by atoms with Gasteiger partial charge in [-0.15, -0.1) is 0 Å². The molecular formula is C23H25N5O4. The number of nitrogens with one attached hydrogen (secondary N) is 1. The molecule has 1 aromatic carbocycles. The fourth-order valence-electron chi connectivity index (χ4n) is 3.71. The van der Waals surface area contributed by atoms with Crippen LogP contribution < -0.4 is 5.56 Å². The molecule has 3 heterocycles. The normalized spacial score (nSPS) is 14.3. The Balaban J connectivity index is 1.24. The van der Waals surface area contributed by atoms with Gasteiger partial charge in [0.1, 0.15) is 12.2 Å². The minimum Gasteiger partial charge on any atom is -0.462 e. The third-order valence-electron chi connectivity index (χ3n) is 5.73. The van der Waals surface area contributed by atoms with E-state index in [2.05, 4.69) is 15.2 Å². The number of pyridine rings is 1. The first-order chi connectivity index (χ1) is 15.5. The molecule has 1 aliphatic rings. The van der Waals surface area contributed by atoms with Crippen molar-refractivity contribution >= 4 is 11.9 Å². The standard InChI is InChI=1S/C23H25N5O4/c1-27-9-8-19(13-21(27)29)22(30)28-10-6-17(7-11-28)14-32-23(31)18-4-2-16(3-5-18)12-20-24-15-25-26-20/h2-5,8-9,13,15,17H,6-7,10-12,14H2,1H3,(H,24,25,26). The average Bonchev–Trinajstić information content (AvgIpc) is 3.33. The van der Waals surface area contributed by atoms with Crippen molar-refractivity contribution < 1.29 is 14.3 Å². The van der Waals surface area contributed by atoms with Crippen LogP contribution in [0.1, 0.15) is 44.9 Å². The van der Waals surface area contributed by atoms with E-state index in [1.165, 1.54) is 17.0 Å². The summed E-state index contributed by atoms with van der Waals surface area (Å²) >= 11 is 0. The van der Waals surface area contributed by atoms with E-state index in [0.29, 0.717) is 37.2 Å². The molecule has 32 heavy (non-hydrogen) atoms. The van der Waals surface area contributed by atoms with E-state index in [1.807, 2.05) is 12.1 Å². The third-order valence-corrected chi connectivity index (χ3v) is 5.73. The second-order valence-corrected chi connectivity index (χ2v) is 8.00. The fourth-order valence-corrected chi connectivity index (χ4v) is 3.71. The number of amides is 1. The fraction of sp³-hybridized carbons (Fsp3) is 0.348. The molecule has 0 saturated carbocycles. The summed E-state index contributed by atoms with van der Waals surface area (Å²) in [5, 5.41) is 6.64. The molecule has 0 atom stereocenters. The van der Waals surface area contributed by atoms with Gasteiger partial charge in [-0.25, -0.2) is 9.78 Å². The van der Waals surface area contributed by atoms with Gasteiger partial charge in [-0.2, -0.15) is 5.10 Å². The summed E-state index contributed by atoms with van der Waals surface area (Å²) in [6.45, 7) is 1.48. The Labute approximate surface area is 185 Å². The first-order valence-electron chi connectivity index (χ1n) is 10.6. The predicted octanol–water partition coefficient (Wildman–Crippen LogP) is 1.80. The van der Waals surface area contributed by atoms with Gasteiger partial charge in [-0.1, -0.05) is 12.1 Å². The molecule has 2 aromatic heterocycles. The molecule has 166 valence electrons. The van der Waals surface area contributed by atoms with Crippen LogP contribution in [0.5, 0.6) is 0 Å². The number of aromatic nitrogens is 4. The van der Waals surface area contributed by atoms with Crippen LogP contribution in [0, 0.1) is 5.92 Å². The first-order valence-corrected chi connectivity index (χ1v) is 10.6. The molecule has 1 aliphatic heterocycles. The molecule has 9 nitrogen and oxygen atoms in total. The van der Waals surface area contributed by atoms with Crippen LogP contribution in [0.15, 0.2) is 53.7 Å². The molecule has 3 aromatic rings. The number of likely N-dealkylation sites (tertiary alicyclic amines) is 1. The number of esters is 1. The van der Waals surface area contributed by atoms with Gasteiger partial charge in [0.05, 0.1) is 12.2 Å². The lowest BCUT2D eigenvalue weighted by molar-refractivity contribution is 0.0355. The van der Waals surface area contributed by atoms with E-state index >= 15 is 0 Å². The summed E-state index contributed by atoms with van der Waals surface area (Å²) in [7, 11) is 1.65. The zero-order valence-corrected chi connectivity index (χ0v) is 17.9. The number of aryl methyl sites for hydroxylation is 1. The number of carbonyl (C=O) groups is 2. The summed E-state index contributed by atoms with van der Waals surface area (Å²) in [4.78, 5) is 42.6. The minimum atomic E-state index is -0.352. The van der Waals surface area contributed by atoms with Crippen LogP contribution in [0.4, 0.5) is 0 Å². The van der Waals surface area contributed by atoms with E-state index in [-0.39, 0.29) is 23.4 Å². The number of H-pyrrole nitrogens is 1. The van der Waals surface area contributed by atoms with Crippen LogP contribution in [0.25, 0.3) is 0 Å². The summed E-state index contributed by atoms with van der Waals surface area (Å²) in [6.07, 6.45) is 5.18. The highest BCUT2D eigenvalue weighted by atomic mass is 16.5. The van der Waals surface area contributed by atoms with Crippen molar-refractivity contribution in [1.29, 1.82) is 0 Å². The summed E-state index contributed by atoms with van der Waals surface area (Å²) in [5.41, 5.74) is 1.73. The number of nitrogens with zero attached hydrogens (tertiary/aromatic N) is 4. The zero-order chi connectivity index (χ0) is 22.5. The monoisotopic (exact) mass is 435 g/mol.